The predicted molar refractivity (Wildman–Crippen MR) is 72.6 cm³/mol. The fraction of sp³-hybridized carbons (Fsp3) is 0.900. The summed E-state index contributed by atoms with van der Waals surface area (Å²) in [7, 11) is 0. The fourth-order valence-electron chi connectivity index (χ4n) is 1.24. The molecule has 1 aliphatic rings. The van der Waals surface area contributed by atoms with Crippen molar-refractivity contribution < 1.29 is 4.74 Å². The van der Waals surface area contributed by atoms with Crippen molar-refractivity contribution in [3.05, 3.63) is 0 Å². The first-order valence-corrected chi connectivity index (χ1v) is 6.29. The van der Waals surface area contributed by atoms with Crippen LogP contribution in [-0.4, -0.2) is 53.6 Å². The zero-order valence-electron chi connectivity index (χ0n) is 9.90. The molecule has 0 aromatic carbocycles. The Bertz CT molecular complexity index is 163. The minimum Gasteiger partial charge on any atom is -0.359 e. The van der Waals surface area contributed by atoms with Gasteiger partial charge in [-0.2, -0.15) is 0 Å². The van der Waals surface area contributed by atoms with E-state index in [-0.39, 0.29) is 0 Å². The van der Waals surface area contributed by atoms with E-state index in [0.29, 0.717) is 11.1 Å². The maximum absolute atomic E-state index is 5.01. The summed E-state index contributed by atoms with van der Waals surface area (Å²) in [5.41, 5.74) is 0. The van der Waals surface area contributed by atoms with Gasteiger partial charge < -0.3 is 14.5 Å². The van der Waals surface area contributed by atoms with Crippen LogP contribution < -0.4 is 0 Å². The number of hydrogen-bond donors (Lipinski definition) is 1. The van der Waals surface area contributed by atoms with Crippen LogP contribution in [0.15, 0.2) is 0 Å². The molecule has 0 amide bonds. The van der Waals surface area contributed by atoms with Gasteiger partial charge in [-0.15, -0.1) is 12.6 Å². The Morgan fingerprint density at radius 1 is 1.33 bits per heavy atom. The first kappa shape index (κ1) is 15.2. The number of hydrogen-bond acceptors (Lipinski definition) is 3. The maximum atomic E-state index is 5.01. The van der Waals surface area contributed by atoms with Crippen molar-refractivity contribution in [2.24, 2.45) is 0 Å². The van der Waals surface area contributed by atoms with Gasteiger partial charge in [-0.3, -0.25) is 0 Å². The molecule has 1 fully saturated rings. The van der Waals surface area contributed by atoms with Crippen LogP contribution in [0.2, 0.25) is 0 Å². The van der Waals surface area contributed by atoms with Gasteiger partial charge in [0.25, 0.3) is 0 Å². The summed E-state index contributed by atoms with van der Waals surface area (Å²) in [6, 6.07) is 0. The zero-order valence-corrected chi connectivity index (χ0v) is 11.6. The molecule has 5 heteroatoms. The monoisotopic (exact) mass is 250 g/mol. The minimum atomic E-state index is 0.613. The molecule has 1 heterocycles. The molecular formula is C10H22N2OS2. The fourth-order valence-corrected chi connectivity index (χ4v) is 1.54. The first-order chi connectivity index (χ1) is 7.15. The smallest absolute Gasteiger partial charge is 0.135 e. The van der Waals surface area contributed by atoms with E-state index in [4.69, 9.17) is 17.0 Å². The zero-order chi connectivity index (χ0) is 11.7. The highest BCUT2D eigenvalue weighted by Gasteiger charge is 2.11. The van der Waals surface area contributed by atoms with E-state index in [0.717, 1.165) is 13.2 Å². The van der Waals surface area contributed by atoms with Crippen molar-refractivity contribution in [2.45, 2.75) is 20.8 Å². The van der Waals surface area contributed by atoms with E-state index < -0.39 is 0 Å². The van der Waals surface area contributed by atoms with Gasteiger partial charge in [0.05, 0.1) is 6.61 Å². The Morgan fingerprint density at radius 3 is 2.00 bits per heavy atom. The van der Waals surface area contributed by atoms with Crippen molar-refractivity contribution in [1.82, 2.24) is 9.80 Å². The molecule has 0 atom stereocenters. The van der Waals surface area contributed by atoms with Crippen LogP contribution in [0, 0.1) is 0 Å². The van der Waals surface area contributed by atoms with Gasteiger partial charge >= 0.3 is 0 Å². The van der Waals surface area contributed by atoms with E-state index in [9.17, 15) is 0 Å². The lowest BCUT2D eigenvalue weighted by atomic mass is 10.5. The molecule has 0 N–H and O–H groups in total. The van der Waals surface area contributed by atoms with Gasteiger partial charge in [-0.05, 0) is 19.6 Å². The van der Waals surface area contributed by atoms with E-state index in [1.807, 2.05) is 4.90 Å². The number of nitrogens with zero attached hydrogens (tertiary/aromatic N) is 2. The standard InChI is InChI=1S/C6H15N.C4H7NOS2/c1-4-7(5-2)6-3;7-4(8)5-1-2-6-3-5/h4-6H2,1-3H3;1-3H2,(H,7,8). The summed E-state index contributed by atoms with van der Waals surface area (Å²) in [6.45, 7) is 12.4. The van der Waals surface area contributed by atoms with Crippen molar-refractivity contribution in [3.8, 4) is 0 Å². The molecule has 15 heavy (non-hydrogen) atoms. The second kappa shape index (κ2) is 9.39. The molecule has 0 spiro atoms. The first-order valence-electron chi connectivity index (χ1n) is 5.43. The molecule has 1 rings (SSSR count). The van der Waals surface area contributed by atoms with Crippen molar-refractivity contribution in [3.63, 3.8) is 0 Å². The van der Waals surface area contributed by atoms with Gasteiger partial charge in [0, 0.05) is 6.54 Å². The third kappa shape index (κ3) is 7.11. The Labute approximate surface area is 104 Å². The summed E-state index contributed by atoms with van der Waals surface area (Å²) in [6.07, 6.45) is 0. The molecule has 0 aliphatic carbocycles. The summed E-state index contributed by atoms with van der Waals surface area (Å²) in [5, 5.41) is 0. The maximum Gasteiger partial charge on any atom is 0.135 e. The van der Waals surface area contributed by atoms with Crippen molar-refractivity contribution in [1.29, 1.82) is 0 Å². The van der Waals surface area contributed by atoms with Crippen LogP contribution >= 0.6 is 24.8 Å². The van der Waals surface area contributed by atoms with Gasteiger partial charge in [0.2, 0.25) is 0 Å². The number of thiol groups is 1. The van der Waals surface area contributed by atoms with Gasteiger partial charge in [-0.1, -0.05) is 33.0 Å². The van der Waals surface area contributed by atoms with Gasteiger partial charge in [-0.25, -0.2) is 0 Å². The summed E-state index contributed by atoms with van der Waals surface area (Å²) < 4.78 is 5.64. The van der Waals surface area contributed by atoms with E-state index in [1.54, 1.807) is 0 Å². The summed E-state index contributed by atoms with van der Waals surface area (Å²) in [5.74, 6) is 0. The summed E-state index contributed by atoms with van der Waals surface area (Å²) in [4.78, 5) is 4.28. The second-order valence-electron chi connectivity index (χ2n) is 3.20. The molecule has 0 saturated carbocycles. The van der Waals surface area contributed by atoms with Crippen LogP contribution in [0.1, 0.15) is 20.8 Å². The minimum absolute atomic E-state index is 0.613. The van der Waals surface area contributed by atoms with E-state index >= 15 is 0 Å². The van der Waals surface area contributed by atoms with Crippen LogP contribution in [-0.2, 0) is 4.74 Å². The molecule has 0 unspecified atom stereocenters. The third-order valence-electron chi connectivity index (χ3n) is 2.36. The van der Waals surface area contributed by atoms with Gasteiger partial charge in [0.1, 0.15) is 11.1 Å². The molecule has 0 aromatic heterocycles. The van der Waals surface area contributed by atoms with Crippen LogP contribution in [0.4, 0.5) is 0 Å². The SMILES string of the molecule is CCN(CC)CC.S=C(S)N1CCOC1. The topological polar surface area (TPSA) is 15.7 Å². The quantitative estimate of drug-likeness (QED) is 0.607. The van der Waals surface area contributed by atoms with Crippen LogP contribution in [0.5, 0.6) is 0 Å². The van der Waals surface area contributed by atoms with Crippen molar-refractivity contribution in [2.75, 3.05) is 39.5 Å². The Kier molecular flexibility index (Phi) is 9.49. The number of thiocarbonyl (C=S) groups is 1. The lowest BCUT2D eigenvalue weighted by Crippen LogP contribution is -2.21. The molecule has 90 valence electrons. The predicted octanol–water partition coefficient (Wildman–Crippen LogP) is 1.84. The van der Waals surface area contributed by atoms with Gasteiger partial charge in [0.15, 0.2) is 0 Å². The second-order valence-corrected chi connectivity index (χ2v) is 4.32. The van der Waals surface area contributed by atoms with Crippen molar-refractivity contribution >= 4 is 29.2 Å². The highest BCUT2D eigenvalue weighted by atomic mass is 32.1. The number of ether oxygens (including phenoxy) is 1. The Hall–Kier alpha value is 0.160. The van der Waals surface area contributed by atoms with E-state index in [1.165, 1.54) is 19.6 Å². The van der Waals surface area contributed by atoms with Crippen LogP contribution in [0.3, 0.4) is 0 Å². The average Bonchev–Trinajstić information content (AvgIpc) is 2.74. The molecule has 1 aliphatic heterocycles. The Morgan fingerprint density at radius 2 is 1.87 bits per heavy atom. The van der Waals surface area contributed by atoms with Crippen LogP contribution in [0.25, 0.3) is 0 Å². The molecular weight excluding hydrogens is 228 g/mol. The van der Waals surface area contributed by atoms with E-state index in [2.05, 4.69) is 38.3 Å². The largest absolute Gasteiger partial charge is 0.359 e. The number of rotatable bonds is 3. The lowest BCUT2D eigenvalue weighted by Gasteiger charge is -2.13. The third-order valence-corrected chi connectivity index (χ3v) is 2.91. The lowest BCUT2D eigenvalue weighted by molar-refractivity contribution is 0.170. The molecule has 1 saturated heterocycles. The molecule has 0 bridgehead atoms. The molecule has 0 aromatic rings. The summed E-state index contributed by atoms with van der Waals surface area (Å²) >= 11 is 8.74. The highest BCUT2D eigenvalue weighted by Crippen LogP contribution is 2.02. The highest BCUT2D eigenvalue weighted by molar-refractivity contribution is 8.10. The normalized spacial score (nSPS) is 15.1. The molecule has 3 nitrogen and oxygen atoms in total. The molecule has 0 radical (unpaired) electrons. The Balaban J connectivity index is 0.000000265. The average molecular weight is 250 g/mol.